The zero-order chi connectivity index (χ0) is 11.3. The molecular weight excluding hydrogens is 243 g/mol. The number of hydrogen-bond acceptors (Lipinski definition) is 1. The molecule has 0 atom stereocenters. The third-order valence-corrected chi connectivity index (χ3v) is 3.31. The molecule has 0 amide bonds. The quantitative estimate of drug-likeness (QED) is 0.583. The highest BCUT2D eigenvalue weighted by atomic mass is 35.5. The Morgan fingerprint density at radius 2 is 1.69 bits per heavy atom. The van der Waals surface area contributed by atoms with Crippen LogP contribution in [0.1, 0.15) is 15.9 Å². The van der Waals surface area contributed by atoms with Gasteiger partial charge in [-0.05, 0) is 35.4 Å². The van der Waals surface area contributed by atoms with Gasteiger partial charge in [-0.3, -0.25) is 4.79 Å². The van der Waals surface area contributed by atoms with Crippen molar-refractivity contribution in [2.24, 2.45) is 0 Å². The maximum Gasteiger partial charge on any atom is 0.195 e. The number of carbonyl (C=O) groups is 1. The lowest BCUT2D eigenvalue weighted by atomic mass is 10.1. The van der Waals surface area contributed by atoms with E-state index in [2.05, 4.69) is 0 Å². The van der Waals surface area contributed by atoms with E-state index in [9.17, 15) is 4.79 Å². The Balaban J connectivity index is 2.40. The first kappa shape index (κ1) is 9.88. The lowest BCUT2D eigenvalue weighted by Crippen LogP contribution is -1.95. The summed E-state index contributed by atoms with van der Waals surface area (Å²) in [6.07, 6.45) is 0. The van der Waals surface area contributed by atoms with E-state index >= 15 is 0 Å². The Labute approximate surface area is 103 Å². The summed E-state index contributed by atoms with van der Waals surface area (Å²) in [5.41, 5.74) is 3.00. The second-order valence-electron chi connectivity index (χ2n) is 3.68. The second kappa shape index (κ2) is 3.34. The third kappa shape index (κ3) is 1.22. The van der Waals surface area contributed by atoms with Gasteiger partial charge in [0.2, 0.25) is 0 Å². The molecule has 0 spiro atoms. The molecule has 1 aliphatic rings. The molecule has 2 aromatic rings. The Hall–Kier alpha value is -1.31. The minimum atomic E-state index is -0.0210. The zero-order valence-corrected chi connectivity index (χ0v) is 9.64. The molecule has 0 aromatic heterocycles. The predicted octanol–water partition coefficient (Wildman–Crippen LogP) is 4.20. The highest BCUT2D eigenvalue weighted by Gasteiger charge is 2.28. The van der Waals surface area contributed by atoms with Crippen molar-refractivity contribution < 1.29 is 4.79 Å². The summed E-state index contributed by atoms with van der Waals surface area (Å²) in [5.74, 6) is -0.0210. The Morgan fingerprint density at radius 1 is 0.875 bits per heavy atom. The van der Waals surface area contributed by atoms with Crippen LogP contribution in [-0.2, 0) is 0 Å². The maximum absolute atomic E-state index is 12.1. The SMILES string of the molecule is O=C1c2ccc(Cl)cc2-c2cccc(Cl)c21. The first-order valence-corrected chi connectivity index (χ1v) is 5.57. The number of hydrogen-bond donors (Lipinski definition) is 0. The van der Waals surface area contributed by atoms with Crippen LogP contribution < -0.4 is 0 Å². The third-order valence-electron chi connectivity index (χ3n) is 2.76. The van der Waals surface area contributed by atoms with Gasteiger partial charge in [0, 0.05) is 16.1 Å². The van der Waals surface area contributed by atoms with E-state index in [4.69, 9.17) is 23.2 Å². The molecule has 1 aliphatic carbocycles. The molecule has 3 rings (SSSR count). The molecule has 0 heterocycles. The average molecular weight is 249 g/mol. The molecule has 78 valence electrons. The zero-order valence-electron chi connectivity index (χ0n) is 8.13. The molecule has 0 aliphatic heterocycles. The van der Waals surface area contributed by atoms with Crippen LogP contribution in [0.5, 0.6) is 0 Å². The smallest absolute Gasteiger partial charge is 0.195 e. The highest BCUT2D eigenvalue weighted by molar-refractivity contribution is 6.38. The van der Waals surface area contributed by atoms with Crippen molar-refractivity contribution in [1.82, 2.24) is 0 Å². The van der Waals surface area contributed by atoms with Crippen molar-refractivity contribution in [2.75, 3.05) is 0 Å². The molecule has 0 saturated heterocycles. The van der Waals surface area contributed by atoms with Crippen molar-refractivity contribution in [1.29, 1.82) is 0 Å². The summed E-state index contributed by atoms with van der Waals surface area (Å²) >= 11 is 12.0. The number of rotatable bonds is 0. The molecule has 0 radical (unpaired) electrons. The average Bonchev–Trinajstić information content (AvgIpc) is 2.54. The fourth-order valence-corrected chi connectivity index (χ4v) is 2.48. The maximum atomic E-state index is 12.1. The molecule has 0 saturated carbocycles. The van der Waals surface area contributed by atoms with E-state index < -0.39 is 0 Å². The van der Waals surface area contributed by atoms with Crippen molar-refractivity contribution in [2.45, 2.75) is 0 Å². The second-order valence-corrected chi connectivity index (χ2v) is 4.53. The Bertz CT molecular complexity index is 617. The lowest BCUT2D eigenvalue weighted by Gasteiger charge is -2.00. The Kier molecular flexibility index (Phi) is 2.06. The summed E-state index contributed by atoms with van der Waals surface area (Å²) in [6.45, 7) is 0. The van der Waals surface area contributed by atoms with Crippen molar-refractivity contribution in [3.8, 4) is 11.1 Å². The summed E-state index contributed by atoms with van der Waals surface area (Å²) < 4.78 is 0. The number of halogens is 2. The fraction of sp³-hybridized carbons (Fsp3) is 0. The van der Waals surface area contributed by atoms with Crippen LogP contribution in [0.2, 0.25) is 10.0 Å². The monoisotopic (exact) mass is 248 g/mol. The minimum absolute atomic E-state index is 0.0210. The van der Waals surface area contributed by atoms with Crippen LogP contribution in [0.4, 0.5) is 0 Å². The van der Waals surface area contributed by atoms with Crippen LogP contribution in [0.3, 0.4) is 0 Å². The lowest BCUT2D eigenvalue weighted by molar-refractivity contribution is 0.104. The summed E-state index contributed by atoms with van der Waals surface area (Å²) in [5, 5.41) is 1.12. The van der Waals surface area contributed by atoms with Crippen molar-refractivity contribution in [3.63, 3.8) is 0 Å². The van der Waals surface area contributed by atoms with Crippen molar-refractivity contribution in [3.05, 3.63) is 57.6 Å². The molecule has 0 N–H and O–H groups in total. The number of ketones is 1. The first-order valence-electron chi connectivity index (χ1n) is 4.81. The van der Waals surface area contributed by atoms with Crippen LogP contribution in [0, 0.1) is 0 Å². The molecule has 1 nitrogen and oxygen atoms in total. The Morgan fingerprint density at radius 3 is 2.50 bits per heavy atom. The summed E-state index contributed by atoms with van der Waals surface area (Å²) in [7, 11) is 0. The molecule has 16 heavy (non-hydrogen) atoms. The van der Waals surface area contributed by atoms with Gasteiger partial charge in [-0.1, -0.05) is 35.3 Å². The molecule has 0 unspecified atom stereocenters. The van der Waals surface area contributed by atoms with Crippen LogP contribution in [0.15, 0.2) is 36.4 Å². The van der Waals surface area contributed by atoms with Gasteiger partial charge in [-0.25, -0.2) is 0 Å². The number of carbonyl (C=O) groups excluding carboxylic acids is 1. The van der Waals surface area contributed by atoms with Gasteiger partial charge in [-0.2, -0.15) is 0 Å². The largest absolute Gasteiger partial charge is 0.289 e. The van der Waals surface area contributed by atoms with E-state index in [0.717, 1.165) is 11.1 Å². The fourth-order valence-electron chi connectivity index (χ4n) is 2.05. The van der Waals surface area contributed by atoms with Gasteiger partial charge in [0.15, 0.2) is 5.78 Å². The van der Waals surface area contributed by atoms with Crippen LogP contribution >= 0.6 is 23.2 Å². The van der Waals surface area contributed by atoms with E-state index in [-0.39, 0.29) is 5.78 Å². The van der Waals surface area contributed by atoms with Gasteiger partial charge in [0.1, 0.15) is 0 Å². The standard InChI is InChI=1S/C13H6Cl2O/c14-7-4-5-9-10(6-7)8-2-1-3-11(15)12(8)13(9)16/h1-6H. The highest BCUT2D eigenvalue weighted by Crippen LogP contribution is 2.40. The number of benzene rings is 2. The predicted molar refractivity (Wildman–Crippen MR) is 65.3 cm³/mol. The van der Waals surface area contributed by atoms with E-state index in [1.807, 2.05) is 12.1 Å². The van der Waals surface area contributed by atoms with Gasteiger partial charge < -0.3 is 0 Å². The van der Waals surface area contributed by atoms with Gasteiger partial charge in [0.05, 0.1) is 5.02 Å². The van der Waals surface area contributed by atoms with Crippen LogP contribution in [0.25, 0.3) is 11.1 Å². The first-order chi connectivity index (χ1) is 7.68. The molecule has 0 fully saturated rings. The molecular formula is C13H6Cl2O. The van der Waals surface area contributed by atoms with Crippen LogP contribution in [-0.4, -0.2) is 5.78 Å². The molecule has 3 heteroatoms. The van der Waals surface area contributed by atoms with E-state index in [1.165, 1.54) is 0 Å². The van der Waals surface area contributed by atoms with E-state index in [0.29, 0.717) is 21.2 Å². The van der Waals surface area contributed by atoms with Crippen molar-refractivity contribution >= 4 is 29.0 Å². The topological polar surface area (TPSA) is 17.1 Å². The normalized spacial score (nSPS) is 12.5. The summed E-state index contributed by atoms with van der Waals surface area (Å²) in [6, 6.07) is 10.7. The summed E-state index contributed by atoms with van der Waals surface area (Å²) in [4.78, 5) is 12.1. The van der Waals surface area contributed by atoms with Gasteiger partial charge >= 0.3 is 0 Å². The van der Waals surface area contributed by atoms with Gasteiger partial charge in [-0.15, -0.1) is 0 Å². The minimum Gasteiger partial charge on any atom is -0.289 e. The molecule has 0 bridgehead atoms. The van der Waals surface area contributed by atoms with E-state index in [1.54, 1.807) is 24.3 Å². The van der Waals surface area contributed by atoms with Gasteiger partial charge in [0.25, 0.3) is 0 Å². The molecule has 2 aromatic carbocycles. The number of fused-ring (bicyclic) bond motifs is 3.